The van der Waals surface area contributed by atoms with Gasteiger partial charge < -0.3 is 13.9 Å². The van der Waals surface area contributed by atoms with Gasteiger partial charge in [0.05, 0.1) is 12.7 Å². The lowest BCUT2D eigenvalue weighted by molar-refractivity contribution is -0.140. The minimum atomic E-state index is -0.349. The summed E-state index contributed by atoms with van der Waals surface area (Å²) in [5.41, 5.74) is 3.00. The maximum Gasteiger partial charge on any atom is 0.336 e. The monoisotopic (exact) mass is 343 g/mol. The van der Waals surface area contributed by atoms with Gasteiger partial charge >= 0.3 is 11.6 Å². The summed E-state index contributed by atoms with van der Waals surface area (Å²) in [6.45, 7) is 3.14. The van der Waals surface area contributed by atoms with E-state index in [0.717, 1.165) is 27.8 Å². The second-order valence-electron chi connectivity index (χ2n) is 6.80. The Bertz CT molecular complexity index is 897. The van der Waals surface area contributed by atoms with Crippen molar-refractivity contribution in [1.29, 1.82) is 0 Å². The van der Waals surface area contributed by atoms with Gasteiger partial charge in [-0.25, -0.2) is 4.79 Å². The van der Waals surface area contributed by atoms with Crippen molar-refractivity contribution in [2.45, 2.75) is 45.2 Å². The summed E-state index contributed by atoms with van der Waals surface area (Å²) < 4.78 is 16.3. The Labute approximate surface area is 145 Å². The molecule has 25 heavy (non-hydrogen) atoms. The quantitative estimate of drug-likeness (QED) is 0.628. The molecule has 0 bridgehead atoms. The minimum absolute atomic E-state index is 0.249. The Morgan fingerprint density at radius 2 is 2.16 bits per heavy atom. The zero-order chi connectivity index (χ0) is 17.6. The predicted octanol–water partition coefficient (Wildman–Crippen LogP) is 2.52. The third-order valence-electron chi connectivity index (χ3n) is 4.99. The van der Waals surface area contributed by atoms with Crippen molar-refractivity contribution in [1.82, 2.24) is 4.90 Å². The zero-order valence-corrected chi connectivity index (χ0v) is 14.5. The van der Waals surface area contributed by atoms with Crippen LogP contribution in [0, 0.1) is 6.92 Å². The van der Waals surface area contributed by atoms with Crippen molar-refractivity contribution in [3.63, 3.8) is 0 Å². The normalized spacial score (nSPS) is 17.2. The molecule has 2 aliphatic rings. The lowest BCUT2D eigenvalue weighted by atomic mass is 9.97. The van der Waals surface area contributed by atoms with Gasteiger partial charge in [-0.1, -0.05) is 0 Å². The van der Waals surface area contributed by atoms with Crippen LogP contribution in [0.3, 0.4) is 0 Å². The number of carbonyl (C=O) groups excluding carboxylic acids is 1. The van der Waals surface area contributed by atoms with Crippen LogP contribution in [0.15, 0.2) is 21.3 Å². The van der Waals surface area contributed by atoms with Crippen molar-refractivity contribution in [3.05, 3.63) is 39.2 Å². The van der Waals surface area contributed by atoms with Crippen LogP contribution < -0.4 is 10.4 Å². The number of hydrogen-bond donors (Lipinski definition) is 0. The summed E-state index contributed by atoms with van der Waals surface area (Å²) in [5, 5.41) is 0.902. The van der Waals surface area contributed by atoms with Crippen molar-refractivity contribution in [2.75, 3.05) is 13.8 Å². The number of benzene rings is 1. The molecule has 4 rings (SSSR count). The predicted molar refractivity (Wildman–Crippen MR) is 91.6 cm³/mol. The molecule has 0 spiro atoms. The van der Waals surface area contributed by atoms with Gasteiger partial charge in [0.25, 0.3) is 0 Å². The highest BCUT2D eigenvalue weighted by Crippen LogP contribution is 2.40. The van der Waals surface area contributed by atoms with Crippen LogP contribution in [-0.2, 0) is 22.5 Å². The Hall–Kier alpha value is -2.34. The van der Waals surface area contributed by atoms with Crippen molar-refractivity contribution in [3.8, 4) is 5.75 Å². The summed E-state index contributed by atoms with van der Waals surface area (Å²) in [4.78, 5) is 25.7. The van der Waals surface area contributed by atoms with Crippen LogP contribution in [0.1, 0.15) is 36.0 Å². The molecule has 0 N–H and O–H groups in total. The zero-order valence-electron chi connectivity index (χ0n) is 14.5. The fourth-order valence-electron chi connectivity index (χ4n) is 3.48. The molecule has 1 aliphatic heterocycles. The van der Waals surface area contributed by atoms with Crippen LogP contribution in [0.4, 0.5) is 0 Å². The molecular formula is C19H21NO5. The first-order valence-electron chi connectivity index (χ1n) is 8.59. The largest absolute Gasteiger partial charge is 0.477 e. The van der Waals surface area contributed by atoms with Crippen LogP contribution in [0.5, 0.6) is 5.75 Å². The molecule has 2 heterocycles. The van der Waals surface area contributed by atoms with Gasteiger partial charge in [0.1, 0.15) is 18.1 Å². The fraction of sp³-hybridized carbons (Fsp3) is 0.474. The van der Waals surface area contributed by atoms with Crippen LogP contribution in [0.2, 0.25) is 0 Å². The number of hydrogen-bond acceptors (Lipinski definition) is 6. The fourth-order valence-corrected chi connectivity index (χ4v) is 3.48. The highest BCUT2D eigenvalue weighted by molar-refractivity contribution is 5.86. The van der Waals surface area contributed by atoms with Crippen molar-refractivity contribution < 1.29 is 18.7 Å². The number of rotatable bonds is 4. The first kappa shape index (κ1) is 16.1. The molecule has 1 aliphatic carbocycles. The minimum Gasteiger partial charge on any atom is -0.477 e. The van der Waals surface area contributed by atoms with Crippen LogP contribution in [0.25, 0.3) is 11.0 Å². The molecule has 0 atom stereocenters. The molecule has 1 fully saturated rings. The first-order valence-corrected chi connectivity index (χ1v) is 8.59. The van der Waals surface area contributed by atoms with Gasteiger partial charge in [0, 0.05) is 30.5 Å². The molecule has 1 saturated carbocycles. The van der Waals surface area contributed by atoms with E-state index < -0.39 is 0 Å². The number of esters is 1. The second-order valence-corrected chi connectivity index (χ2v) is 6.80. The van der Waals surface area contributed by atoms with Gasteiger partial charge in [-0.05, 0) is 43.4 Å². The van der Waals surface area contributed by atoms with Gasteiger partial charge in [-0.15, -0.1) is 0 Å². The topological polar surface area (TPSA) is 69.0 Å². The highest BCUT2D eigenvalue weighted by atomic mass is 16.5. The first-order chi connectivity index (χ1) is 12.1. The summed E-state index contributed by atoms with van der Waals surface area (Å²) >= 11 is 0. The lowest BCUT2D eigenvalue weighted by Gasteiger charge is -2.30. The van der Waals surface area contributed by atoms with E-state index in [1.807, 2.05) is 13.0 Å². The van der Waals surface area contributed by atoms with Gasteiger partial charge in [0.2, 0.25) is 0 Å². The van der Waals surface area contributed by atoms with E-state index >= 15 is 0 Å². The van der Waals surface area contributed by atoms with E-state index in [2.05, 4.69) is 4.90 Å². The Morgan fingerprint density at radius 3 is 2.88 bits per heavy atom. The SMILES string of the molecule is COC(=O)CCc1cc2c(C)cc(=O)oc2c2c1OCN(C1CC1)C2. The average molecular weight is 343 g/mol. The van der Waals surface area contributed by atoms with E-state index in [-0.39, 0.29) is 11.6 Å². The third-order valence-corrected chi connectivity index (χ3v) is 4.99. The Balaban J connectivity index is 1.82. The highest BCUT2D eigenvalue weighted by Gasteiger charge is 2.34. The molecule has 0 radical (unpaired) electrons. The molecule has 2 aromatic rings. The number of ether oxygens (including phenoxy) is 2. The summed E-state index contributed by atoms with van der Waals surface area (Å²) in [7, 11) is 1.39. The molecule has 1 aromatic heterocycles. The van der Waals surface area contributed by atoms with E-state index in [1.54, 1.807) is 0 Å². The summed E-state index contributed by atoms with van der Waals surface area (Å²) in [6.07, 6.45) is 3.19. The van der Waals surface area contributed by atoms with E-state index in [4.69, 9.17) is 13.9 Å². The van der Waals surface area contributed by atoms with E-state index in [1.165, 1.54) is 26.0 Å². The summed E-state index contributed by atoms with van der Waals surface area (Å²) in [6, 6.07) is 4.03. The average Bonchev–Trinajstić information content (AvgIpc) is 3.44. The molecule has 0 amide bonds. The second kappa shape index (κ2) is 6.19. The van der Waals surface area contributed by atoms with Gasteiger partial charge in [-0.3, -0.25) is 9.69 Å². The molecule has 0 unspecified atom stereocenters. The Morgan fingerprint density at radius 1 is 1.36 bits per heavy atom. The summed E-state index contributed by atoms with van der Waals surface area (Å²) in [5.74, 6) is 0.502. The van der Waals surface area contributed by atoms with Crippen molar-refractivity contribution >= 4 is 16.9 Å². The maximum atomic E-state index is 11.9. The molecule has 6 heteroatoms. The van der Waals surface area contributed by atoms with Crippen LogP contribution in [-0.4, -0.2) is 30.8 Å². The third kappa shape index (κ3) is 3.02. The number of methoxy groups -OCH3 is 1. The van der Waals surface area contributed by atoms with Crippen molar-refractivity contribution in [2.24, 2.45) is 0 Å². The van der Waals surface area contributed by atoms with Gasteiger partial charge in [0.15, 0.2) is 0 Å². The number of carbonyl (C=O) groups is 1. The molecular weight excluding hydrogens is 322 g/mol. The Kier molecular flexibility index (Phi) is 4.00. The molecule has 132 valence electrons. The van der Waals surface area contributed by atoms with Crippen LogP contribution >= 0.6 is 0 Å². The van der Waals surface area contributed by atoms with E-state index in [9.17, 15) is 9.59 Å². The molecule has 6 nitrogen and oxygen atoms in total. The lowest BCUT2D eigenvalue weighted by Crippen LogP contribution is -2.34. The number of nitrogens with zero attached hydrogens (tertiary/aromatic N) is 1. The number of aryl methyl sites for hydroxylation is 2. The van der Waals surface area contributed by atoms with E-state index in [0.29, 0.717) is 37.7 Å². The standard InChI is InChI=1S/C19H21NO5/c1-11-7-17(22)25-19-14(11)8-12(3-6-16(21)23-2)18-15(19)9-20(10-24-18)13-4-5-13/h7-8,13H,3-6,9-10H2,1-2H3. The molecule has 1 aromatic carbocycles. The van der Waals surface area contributed by atoms with Gasteiger partial charge in [-0.2, -0.15) is 0 Å². The molecule has 0 saturated heterocycles. The maximum absolute atomic E-state index is 11.9. The smallest absolute Gasteiger partial charge is 0.336 e. The number of fused-ring (bicyclic) bond motifs is 3.